The maximum absolute atomic E-state index is 12.9. The van der Waals surface area contributed by atoms with Crippen LogP contribution >= 0.6 is 0 Å². The van der Waals surface area contributed by atoms with E-state index in [-0.39, 0.29) is 18.1 Å². The molecule has 216 valence electrons. The smallest absolute Gasteiger partial charge is 0.220 e. The Bertz CT molecular complexity index is 903. The Morgan fingerprint density at radius 2 is 1.68 bits per heavy atom. The maximum atomic E-state index is 12.9. The van der Waals surface area contributed by atoms with E-state index in [2.05, 4.69) is 45.7 Å². The number of allylic oxidation sites excluding steroid dienone is 4. The zero-order chi connectivity index (χ0) is 29.5. The highest BCUT2D eigenvalue weighted by atomic mass is 16.3. The topological polar surface area (TPSA) is 114 Å². The monoisotopic (exact) mass is 530 g/mol. The standard InChI is InChI=1S/C28H44N2O4.C4H10/c1-18(14-15-19(2)21(4)23-13-8-9-16-30-23)11-10-12-20(3)26(33)22(5)27(34)28(6,7)24(31)17-25(29)32;1-3-4-2/h8-9,13-14,16,20,22,24,26,31,33H,10-12,15,17H2,1-7H3,(H2,29,32);3-4H2,1-2H3/b18-14-,21-19+;. The van der Waals surface area contributed by atoms with Crippen molar-refractivity contribution in [3.8, 4) is 0 Å². The van der Waals surface area contributed by atoms with Crippen LogP contribution in [0.2, 0.25) is 0 Å². The van der Waals surface area contributed by atoms with Gasteiger partial charge < -0.3 is 15.9 Å². The zero-order valence-electron chi connectivity index (χ0n) is 25.4. The van der Waals surface area contributed by atoms with E-state index >= 15 is 0 Å². The second kappa shape index (κ2) is 18.1. The predicted molar refractivity (Wildman–Crippen MR) is 158 cm³/mol. The quantitative estimate of drug-likeness (QED) is 0.220. The molecule has 0 fully saturated rings. The van der Waals surface area contributed by atoms with E-state index in [1.807, 2.05) is 25.1 Å². The Hall–Kier alpha value is -2.31. The molecule has 1 aromatic heterocycles. The number of rotatable bonds is 15. The summed E-state index contributed by atoms with van der Waals surface area (Å²) < 4.78 is 0. The van der Waals surface area contributed by atoms with Gasteiger partial charge in [-0.1, -0.05) is 77.7 Å². The van der Waals surface area contributed by atoms with Crippen LogP contribution in [0.15, 0.2) is 41.6 Å². The minimum atomic E-state index is -1.17. The summed E-state index contributed by atoms with van der Waals surface area (Å²) in [5.41, 5.74) is 8.79. The van der Waals surface area contributed by atoms with Gasteiger partial charge >= 0.3 is 0 Å². The van der Waals surface area contributed by atoms with E-state index < -0.39 is 29.4 Å². The Morgan fingerprint density at radius 1 is 1.08 bits per heavy atom. The van der Waals surface area contributed by atoms with Crippen LogP contribution in [-0.4, -0.2) is 39.1 Å². The van der Waals surface area contributed by atoms with Gasteiger partial charge in [-0.25, -0.2) is 0 Å². The van der Waals surface area contributed by atoms with E-state index in [0.29, 0.717) is 0 Å². The molecular weight excluding hydrogens is 476 g/mol. The van der Waals surface area contributed by atoms with Crippen molar-refractivity contribution >= 4 is 17.3 Å². The molecule has 4 atom stereocenters. The van der Waals surface area contributed by atoms with Crippen molar-refractivity contribution in [2.45, 2.75) is 119 Å². The first-order chi connectivity index (χ1) is 17.7. The van der Waals surface area contributed by atoms with Gasteiger partial charge in [0, 0.05) is 12.1 Å². The SMILES string of the molecule is C/C(=C/C/C(C)=C(\C)c1ccccn1)CCCC(C)C(O)C(C)C(=O)C(C)(C)C(O)CC(N)=O.CCCC. The fraction of sp³-hybridized carbons (Fsp3) is 0.656. The van der Waals surface area contributed by atoms with Crippen molar-refractivity contribution < 1.29 is 19.8 Å². The number of aromatic nitrogens is 1. The van der Waals surface area contributed by atoms with Crippen molar-refractivity contribution in [1.29, 1.82) is 0 Å². The van der Waals surface area contributed by atoms with E-state index in [9.17, 15) is 19.8 Å². The Balaban J connectivity index is 0.00000318. The van der Waals surface area contributed by atoms with Gasteiger partial charge in [0.25, 0.3) is 0 Å². The van der Waals surface area contributed by atoms with E-state index in [1.54, 1.807) is 27.0 Å². The largest absolute Gasteiger partial charge is 0.392 e. The number of unbranched alkanes of at least 4 members (excludes halogenated alkanes) is 1. The number of primary amides is 1. The van der Waals surface area contributed by atoms with Crippen LogP contribution in [-0.2, 0) is 9.59 Å². The summed E-state index contributed by atoms with van der Waals surface area (Å²) in [6.45, 7) is 17.5. The average molecular weight is 531 g/mol. The molecule has 6 heteroatoms. The minimum absolute atomic E-state index is 0.0659. The van der Waals surface area contributed by atoms with Crippen molar-refractivity contribution in [3.05, 3.63) is 47.3 Å². The molecule has 1 rings (SSSR count). The first-order valence-electron chi connectivity index (χ1n) is 14.1. The molecule has 38 heavy (non-hydrogen) atoms. The third kappa shape index (κ3) is 12.5. The molecule has 1 aromatic rings. The molecule has 4 unspecified atom stereocenters. The van der Waals surface area contributed by atoms with Crippen molar-refractivity contribution in [1.82, 2.24) is 4.98 Å². The predicted octanol–water partition coefficient (Wildman–Crippen LogP) is 6.65. The molecule has 0 saturated heterocycles. The second-order valence-electron chi connectivity index (χ2n) is 11.3. The summed E-state index contributed by atoms with van der Waals surface area (Å²) in [7, 11) is 0. The van der Waals surface area contributed by atoms with Crippen LogP contribution in [0.4, 0.5) is 0 Å². The van der Waals surface area contributed by atoms with Crippen LogP contribution in [0, 0.1) is 17.3 Å². The van der Waals surface area contributed by atoms with Gasteiger partial charge in [0.2, 0.25) is 5.91 Å². The van der Waals surface area contributed by atoms with Crippen molar-refractivity contribution in [3.63, 3.8) is 0 Å². The number of amides is 1. The molecule has 0 radical (unpaired) electrons. The molecule has 0 saturated carbocycles. The Labute approximate surface area is 231 Å². The van der Waals surface area contributed by atoms with Gasteiger partial charge in [-0.05, 0) is 70.1 Å². The lowest BCUT2D eigenvalue weighted by Crippen LogP contribution is -2.46. The number of nitrogens with zero attached hydrogens (tertiary/aromatic N) is 1. The summed E-state index contributed by atoms with van der Waals surface area (Å²) in [5.74, 6) is -1.63. The number of aliphatic hydroxyl groups excluding tert-OH is 2. The molecule has 0 aliphatic carbocycles. The third-order valence-corrected chi connectivity index (χ3v) is 7.55. The van der Waals surface area contributed by atoms with E-state index in [1.165, 1.54) is 29.6 Å². The molecule has 0 aromatic carbocycles. The summed E-state index contributed by atoms with van der Waals surface area (Å²) >= 11 is 0. The van der Waals surface area contributed by atoms with Crippen LogP contribution in [0.25, 0.3) is 5.57 Å². The average Bonchev–Trinajstić information content (AvgIpc) is 2.89. The number of nitrogens with two attached hydrogens (primary N) is 1. The van der Waals surface area contributed by atoms with Gasteiger partial charge in [0.1, 0.15) is 5.78 Å². The summed E-state index contributed by atoms with van der Waals surface area (Å²) in [5, 5.41) is 21.0. The number of pyridine rings is 1. The molecular formula is C32H54N2O4. The van der Waals surface area contributed by atoms with Crippen molar-refractivity contribution in [2.24, 2.45) is 23.0 Å². The lowest BCUT2D eigenvalue weighted by Gasteiger charge is -2.34. The molecule has 6 nitrogen and oxygen atoms in total. The van der Waals surface area contributed by atoms with Crippen molar-refractivity contribution in [2.75, 3.05) is 0 Å². The molecule has 0 spiro atoms. The molecule has 0 aliphatic heterocycles. The van der Waals surface area contributed by atoms with Gasteiger partial charge in [-0.15, -0.1) is 0 Å². The fourth-order valence-electron chi connectivity index (χ4n) is 4.10. The first-order valence-corrected chi connectivity index (χ1v) is 14.1. The number of ketones is 1. The summed E-state index contributed by atoms with van der Waals surface area (Å²) in [6, 6.07) is 5.93. The van der Waals surface area contributed by atoms with Crippen LogP contribution in [0.1, 0.15) is 113 Å². The lowest BCUT2D eigenvalue weighted by atomic mass is 9.73. The van der Waals surface area contributed by atoms with Gasteiger partial charge in [-0.3, -0.25) is 14.6 Å². The number of Topliss-reactive ketones (excluding diaryl/α,β-unsaturated/α-hetero) is 1. The van der Waals surface area contributed by atoms with Gasteiger partial charge in [0.05, 0.1) is 29.7 Å². The molecule has 1 amide bonds. The Kier molecular flexibility index (Phi) is 17.0. The molecule has 4 N–H and O–H groups in total. The number of carbonyl (C=O) groups is 2. The number of carbonyl (C=O) groups excluding carboxylic acids is 2. The fourth-order valence-corrected chi connectivity index (χ4v) is 4.10. The van der Waals surface area contributed by atoms with Gasteiger partial charge in [0.15, 0.2) is 0 Å². The van der Waals surface area contributed by atoms with Crippen LogP contribution < -0.4 is 5.73 Å². The van der Waals surface area contributed by atoms with E-state index in [4.69, 9.17) is 5.73 Å². The highest BCUT2D eigenvalue weighted by molar-refractivity contribution is 5.88. The highest BCUT2D eigenvalue weighted by Crippen LogP contribution is 2.31. The number of hydrogen-bond donors (Lipinski definition) is 3. The first kappa shape index (κ1) is 35.7. The normalized spacial score (nSPS) is 15.9. The number of aliphatic hydroxyl groups is 2. The lowest BCUT2D eigenvalue weighted by molar-refractivity contribution is -0.142. The summed E-state index contributed by atoms with van der Waals surface area (Å²) in [6.07, 6.45) is 7.93. The zero-order valence-corrected chi connectivity index (χ0v) is 25.4. The maximum Gasteiger partial charge on any atom is 0.220 e. The van der Waals surface area contributed by atoms with Gasteiger partial charge in [-0.2, -0.15) is 0 Å². The molecule has 0 aliphatic rings. The van der Waals surface area contributed by atoms with Crippen LogP contribution in [0.5, 0.6) is 0 Å². The highest BCUT2D eigenvalue weighted by Gasteiger charge is 2.41. The third-order valence-electron chi connectivity index (χ3n) is 7.55. The van der Waals surface area contributed by atoms with E-state index in [0.717, 1.165) is 31.4 Å². The summed E-state index contributed by atoms with van der Waals surface area (Å²) in [4.78, 5) is 28.5. The Morgan fingerprint density at radius 3 is 2.18 bits per heavy atom. The number of hydrogen-bond acceptors (Lipinski definition) is 5. The minimum Gasteiger partial charge on any atom is -0.392 e. The van der Waals surface area contributed by atoms with Crippen LogP contribution in [0.3, 0.4) is 0 Å². The molecule has 1 heterocycles. The second-order valence-corrected chi connectivity index (χ2v) is 11.3. The molecule has 0 bridgehead atoms.